The van der Waals surface area contributed by atoms with Crippen molar-refractivity contribution < 1.29 is 9.90 Å². The zero-order valence-corrected chi connectivity index (χ0v) is 8.61. The van der Waals surface area contributed by atoms with Crippen LogP contribution in [0.2, 0.25) is 0 Å². The van der Waals surface area contributed by atoms with Crippen LogP contribution in [0, 0.1) is 5.92 Å². The number of nitrogens with zero attached hydrogens (tertiary/aromatic N) is 1. The van der Waals surface area contributed by atoms with E-state index in [-0.39, 0.29) is 6.10 Å². The Morgan fingerprint density at radius 1 is 1.21 bits per heavy atom. The standard InChI is InChI=1S/C11H19NO2/c13-10-4-6-12(7-5-10)11(14)8-9-2-1-3-9/h9-10,13H,1-8H2. The lowest BCUT2D eigenvalue weighted by molar-refractivity contribution is -0.134. The molecule has 1 N–H and O–H groups in total. The van der Waals surface area contributed by atoms with Crippen LogP contribution in [0.25, 0.3) is 0 Å². The van der Waals surface area contributed by atoms with Crippen molar-refractivity contribution >= 4 is 5.91 Å². The van der Waals surface area contributed by atoms with Crippen molar-refractivity contribution in [1.82, 2.24) is 4.90 Å². The first-order valence-electron chi connectivity index (χ1n) is 5.71. The van der Waals surface area contributed by atoms with E-state index in [2.05, 4.69) is 0 Å². The summed E-state index contributed by atoms with van der Waals surface area (Å²) in [5.41, 5.74) is 0. The summed E-state index contributed by atoms with van der Waals surface area (Å²) in [6.45, 7) is 1.51. The Balaban J connectivity index is 1.74. The topological polar surface area (TPSA) is 40.5 Å². The maximum absolute atomic E-state index is 11.8. The molecule has 3 nitrogen and oxygen atoms in total. The fourth-order valence-electron chi connectivity index (χ4n) is 2.19. The molecule has 3 heteroatoms. The first kappa shape index (κ1) is 9.97. The summed E-state index contributed by atoms with van der Waals surface area (Å²) in [7, 11) is 0. The Labute approximate surface area is 85.1 Å². The lowest BCUT2D eigenvalue weighted by Crippen LogP contribution is -2.41. The highest BCUT2D eigenvalue weighted by molar-refractivity contribution is 5.76. The van der Waals surface area contributed by atoms with Gasteiger partial charge in [0.05, 0.1) is 6.10 Å². The molecule has 1 aliphatic heterocycles. The van der Waals surface area contributed by atoms with Gasteiger partial charge >= 0.3 is 0 Å². The number of piperidine rings is 1. The van der Waals surface area contributed by atoms with Gasteiger partial charge in [0.15, 0.2) is 0 Å². The molecule has 0 unspecified atom stereocenters. The number of carbonyl (C=O) groups is 1. The van der Waals surface area contributed by atoms with Crippen LogP contribution in [0.4, 0.5) is 0 Å². The maximum atomic E-state index is 11.8. The molecule has 0 spiro atoms. The quantitative estimate of drug-likeness (QED) is 0.721. The number of hydrogen-bond donors (Lipinski definition) is 1. The molecule has 1 saturated heterocycles. The van der Waals surface area contributed by atoms with Crippen LogP contribution in [-0.2, 0) is 4.79 Å². The summed E-state index contributed by atoms with van der Waals surface area (Å²) in [4.78, 5) is 13.7. The summed E-state index contributed by atoms with van der Waals surface area (Å²) in [6.07, 6.45) is 5.87. The van der Waals surface area contributed by atoms with Crippen molar-refractivity contribution in [3.8, 4) is 0 Å². The van der Waals surface area contributed by atoms with Crippen molar-refractivity contribution in [2.75, 3.05) is 13.1 Å². The molecule has 1 aliphatic carbocycles. The molecule has 2 rings (SSSR count). The smallest absolute Gasteiger partial charge is 0.222 e. The van der Waals surface area contributed by atoms with E-state index in [4.69, 9.17) is 0 Å². The van der Waals surface area contributed by atoms with E-state index in [1.807, 2.05) is 4.90 Å². The SMILES string of the molecule is O=C(CC1CCC1)N1CCC(O)CC1. The van der Waals surface area contributed by atoms with Gasteiger partial charge in [0.25, 0.3) is 0 Å². The van der Waals surface area contributed by atoms with E-state index in [1.54, 1.807) is 0 Å². The van der Waals surface area contributed by atoms with Gasteiger partial charge in [-0.15, -0.1) is 0 Å². The van der Waals surface area contributed by atoms with Gasteiger partial charge in [0.1, 0.15) is 0 Å². The van der Waals surface area contributed by atoms with Gasteiger partial charge in [-0.25, -0.2) is 0 Å². The minimum atomic E-state index is -0.178. The Bertz CT molecular complexity index is 205. The molecule has 0 aromatic rings. The van der Waals surface area contributed by atoms with E-state index in [0.717, 1.165) is 32.4 Å². The molecule has 2 aliphatic rings. The predicted octanol–water partition coefficient (Wildman–Crippen LogP) is 1.16. The zero-order valence-electron chi connectivity index (χ0n) is 8.61. The molecule has 14 heavy (non-hydrogen) atoms. The molecular weight excluding hydrogens is 178 g/mol. The first-order valence-corrected chi connectivity index (χ1v) is 5.71. The van der Waals surface area contributed by atoms with E-state index < -0.39 is 0 Å². The third-order valence-electron chi connectivity index (χ3n) is 3.51. The monoisotopic (exact) mass is 197 g/mol. The molecule has 80 valence electrons. The Kier molecular flexibility index (Phi) is 3.06. The number of aliphatic hydroxyl groups excluding tert-OH is 1. The van der Waals surface area contributed by atoms with Crippen LogP contribution in [0.1, 0.15) is 38.5 Å². The number of carbonyl (C=O) groups excluding carboxylic acids is 1. The molecule has 0 aromatic heterocycles. The fourth-order valence-corrected chi connectivity index (χ4v) is 2.19. The van der Waals surface area contributed by atoms with Crippen molar-refractivity contribution in [2.45, 2.75) is 44.6 Å². The van der Waals surface area contributed by atoms with Crippen LogP contribution in [0.15, 0.2) is 0 Å². The molecule has 1 heterocycles. The van der Waals surface area contributed by atoms with Crippen LogP contribution in [-0.4, -0.2) is 35.1 Å². The van der Waals surface area contributed by atoms with Gasteiger partial charge in [0, 0.05) is 19.5 Å². The van der Waals surface area contributed by atoms with Crippen molar-refractivity contribution in [3.63, 3.8) is 0 Å². The second kappa shape index (κ2) is 4.30. The third-order valence-corrected chi connectivity index (χ3v) is 3.51. The average Bonchev–Trinajstić information content (AvgIpc) is 2.12. The molecule has 1 saturated carbocycles. The number of hydrogen-bond acceptors (Lipinski definition) is 2. The minimum Gasteiger partial charge on any atom is -0.393 e. The van der Waals surface area contributed by atoms with Crippen molar-refractivity contribution in [2.24, 2.45) is 5.92 Å². The minimum absolute atomic E-state index is 0.178. The third kappa shape index (κ3) is 2.27. The highest BCUT2D eigenvalue weighted by atomic mass is 16.3. The number of rotatable bonds is 2. The van der Waals surface area contributed by atoms with E-state index in [9.17, 15) is 9.90 Å². The average molecular weight is 197 g/mol. The number of aliphatic hydroxyl groups is 1. The Morgan fingerprint density at radius 2 is 1.86 bits per heavy atom. The highest BCUT2D eigenvalue weighted by Gasteiger charge is 2.26. The van der Waals surface area contributed by atoms with Crippen molar-refractivity contribution in [1.29, 1.82) is 0 Å². The van der Waals surface area contributed by atoms with E-state index in [1.165, 1.54) is 19.3 Å². The van der Waals surface area contributed by atoms with Gasteiger partial charge in [-0.3, -0.25) is 4.79 Å². The Morgan fingerprint density at radius 3 is 2.36 bits per heavy atom. The zero-order chi connectivity index (χ0) is 9.97. The number of likely N-dealkylation sites (tertiary alicyclic amines) is 1. The molecule has 0 atom stereocenters. The molecule has 0 bridgehead atoms. The van der Waals surface area contributed by atoms with Crippen LogP contribution in [0.5, 0.6) is 0 Å². The molecule has 1 amide bonds. The van der Waals surface area contributed by atoms with Crippen LogP contribution in [0.3, 0.4) is 0 Å². The van der Waals surface area contributed by atoms with Gasteiger partial charge in [-0.2, -0.15) is 0 Å². The Hall–Kier alpha value is -0.570. The highest BCUT2D eigenvalue weighted by Crippen LogP contribution is 2.30. The van der Waals surface area contributed by atoms with E-state index >= 15 is 0 Å². The second-order valence-corrected chi connectivity index (χ2v) is 4.61. The van der Waals surface area contributed by atoms with Gasteiger partial charge in [-0.05, 0) is 31.6 Å². The predicted molar refractivity (Wildman–Crippen MR) is 53.8 cm³/mol. The lowest BCUT2D eigenvalue weighted by Gasteiger charge is -2.32. The maximum Gasteiger partial charge on any atom is 0.222 e. The normalized spacial score (nSPS) is 24.8. The molecule has 2 fully saturated rings. The van der Waals surface area contributed by atoms with Gasteiger partial charge < -0.3 is 10.0 Å². The number of amides is 1. The second-order valence-electron chi connectivity index (χ2n) is 4.61. The summed E-state index contributed by atoms with van der Waals surface area (Å²) >= 11 is 0. The molecule has 0 radical (unpaired) electrons. The largest absolute Gasteiger partial charge is 0.393 e. The van der Waals surface area contributed by atoms with Gasteiger partial charge in [0.2, 0.25) is 5.91 Å². The van der Waals surface area contributed by atoms with Crippen LogP contribution >= 0.6 is 0 Å². The van der Waals surface area contributed by atoms with E-state index in [0.29, 0.717) is 11.8 Å². The first-order chi connectivity index (χ1) is 6.75. The summed E-state index contributed by atoms with van der Waals surface area (Å²) in [5.74, 6) is 0.968. The molecular formula is C11H19NO2. The summed E-state index contributed by atoms with van der Waals surface area (Å²) in [5, 5.41) is 9.31. The van der Waals surface area contributed by atoms with Gasteiger partial charge in [-0.1, -0.05) is 6.42 Å². The summed E-state index contributed by atoms with van der Waals surface area (Å²) < 4.78 is 0. The fraction of sp³-hybridized carbons (Fsp3) is 0.909. The molecule has 0 aromatic carbocycles. The summed E-state index contributed by atoms with van der Waals surface area (Å²) in [6, 6.07) is 0. The van der Waals surface area contributed by atoms with Crippen LogP contribution < -0.4 is 0 Å². The lowest BCUT2D eigenvalue weighted by atomic mass is 9.82. The van der Waals surface area contributed by atoms with Crippen molar-refractivity contribution in [3.05, 3.63) is 0 Å².